The van der Waals surface area contributed by atoms with Crippen LogP contribution in [0.3, 0.4) is 0 Å². The lowest BCUT2D eigenvalue weighted by molar-refractivity contribution is -0.387. The van der Waals surface area contributed by atoms with Crippen LogP contribution in [0, 0.1) is 39.2 Å². The van der Waals surface area contributed by atoms with E-state index in [1.807, 2.05) is 0 Å². The van der Waals surface area contributed by atoms with E-state index in [0.717, 1.165) is 13.2 Å². The van der Waals surface area contributed by atoms with Gasteiger partial charge in [0.25, 0.3) is 5.91 Å². The first-order valence-electron chi connectivity index (χ1n) is 6.34. The number of anilines is 1. The number of amides is 1. The maximum atomic E-state index is 13.8. The summed E-state index contributed by atoms with van der Waals surface area (Å²) in [7, 11) is 0.762. The SMILES string of the molecule is COc1c(F)c(F)c(C(=O)Nc2ccc(F)c([N+](=O)[O-])c2)c(F)c1F. The van der Waals surface area contributed by atoms with E-state index in [1.54, 1.807) is 5.32 Å². The van der Waals surface area contributed by atoms with Crippen molar-refractivity contribution in [2.75, 3.05) is 12.4 Å². The number of rotatable bonds is 4. The van der Waals surface area contributed by atoms with Gasteiger partial charge in [0.1, 0.15) is 5.56 Å². The number of nitro groups is 1. The summed E-state index contributed by atoms with van der Waals surface area (Å²) in [6.07, 6.45) is 0. The van der Waals surface area contributed by atoms with Gasteiger partial charge in [-0.25, -0.2) is 8.78 Å². The molecule has 0 saturated heterocycles. The molecule has 1 amide bonds. The Morgan fingerprint density at radius 1 is 1.08 bits per heavy atom. The predicted molar refractivity (Wildman–Crippen MR) is 73.8 cm³/mol. The van der Waals surface area contributed by atoms with Gasteiger partial charge in [0.2, 0.25) is 17.5 Å². The molecule has 0 aliphatic heterocycles. The molecule has 25 heavy (non-hydrogen) atoms. The number of nitrogens with one attached hydrogen (secondary N) is 1. The third kappa shape index (κ3) is 3.20. The molecule has 11 heteroatoms. The van der Waals surface area contributed by atoms with Crippen LogP contribution in [0.15, 0.2) is 18.2 Å². The van der Waals surface area contributed by atoms with Crippen LogP contribution >= 0.6 is 0 Å². The maximum Gasteiger partial charge on any atom is 0.306 e. The number of carbonyl (C=O) groups excluding carboxylic acids is 1. The van der Waals surface area contributed by atoms with E-state index < -0.39 is 62.6 Å². The number of carbonyl (C=O) groups is 1. The second-order valence-corrected chi connectivity index (χ2v) is 4.54. The Balaban J connectivity index is 2.46. The number of halogens is 5. The molecule has 1 N–H and O–H groups in total. The minimum absolute atomic E-state index is 0.423. The zero-order valence-electron chi connectivity index (χ0n) is 12.2. The number of ether oxygens (including phenoxy) is 1. The van der Waals surface area contributed by atoms with E-state index >= 15 is 0 Å². The van der Waals surface area contributed by atoms with Gasteiger partial charge < -0.3 is 10.1 Å². The molecule has 0 unspecified atom stereocenters. The zero-order chi connectivity index (χ0) is 18.9. The molecule has 2 aromatic carbocycles. The first kappa shape index (κ1) is 18.1. The largest absolute Gasteiger partial charge is 0.491 e. The van der Waals surface area contributed by atoms with Crippen molar-refractivity contribution in [3.63, 3.8) is 0 Å². The first-order chi connectivity index (χ1) is 11.7. The maximum absolute atomic E-state index is 13.8. The molecule has 0 aliphatic rings. The molecular formula is C14H7F5N2O4. The lowest BCUT2D eigenvalue weighted by Crippen LogP contribution is -2.19. The summed E-state index contributed by atoms with van der Waals surface area (Å²) >= 11 is 0. The summed E-state index contributed by atoms with van der Waals surface area (Å²) in [4.78, 5) is 21.4. The normalized spacial score (nSPS) is 10.5. The Hall–Kier alpha value is -3.24. The van der Waals surface area contributed by atoms with Gasteiger partial charge in [-0.15, -0.1) is 0 Å². The van der Waals surface area contributed by atoms with E-state index in [2.05, 4.69) is 4.74 Å². The molecule has 6 nitrogen and oxygen atoms in total. The molecule has 0 spiro atoms. The predicted octanol–water partition coefficient (Wildman–Crippen LogP) is 3.55. The molecule has 0 radical (unpaired) electrons. The van der Waals surface area contributed by atoms with Gasteiger partial charge in [0.05, 0.1) is 12.0 Å². The van der Waals surface area contributed by atoms with Crippen molar-refractivity contribution in [3.05, 3.63) is 63.0 Å². The minimum Gasteiger partial charge on any atom is -0.491 e. The third-order valence-corrected chi connectivity index (χ3v) is 3.05. The Morgan fingerprint density at radius 2 is 1.64 bits per heavy atom. The smallest absolute Gasteiger partial charge is 0.306 e. The van der Waals surface area contributed by atoms with E-state index in [-0.39, 0.29) is 0 Å². The molecule has 0 bridgehead atoms. The van der Waals surface area contributed by atoms with Gasteiger partial charge in [-0.2, -0.15) is 13.2 Å². The van der Waals surface area contributed by atoms with Crippen molar-refractivity contribution in [1.82, 2.24) is 0 Å². The minimum atomic E-state index is -2.02. The Kier molecular flexibility index (Phi) is 4.86. The first-order valence-corrected chi connectivity index (χ1v) is 6.34. The van der Waals surface area contributed by atoms with Gasteiger partial charge in [0, 0.05) is 11.8 Å². The highest BCUT2D eigenvalue weighted by atomic mass is 19.2. The average Bonchev–Trinajstić information content (AvgIpc) is 2.55. The Bertz CT molecular complexity index is 859. The highest BCUT2D eigenvalue weighted by Crippen LogP contribution is 2.30. The van der Waals surface area contributed by atoms with Gasteiger partial charge in [-0.1, -0.05) is 0 Å². The second kappa shape index (κ2) is 6.71. The van der Waals surface area contributed by atoms with Crippen LogP contribution in [0.2, 0.25) is 0 Å². The van der Waals surface area contributed by atoms with Crippen LogP contribution in [-0.4, -0.2) is 17.9 Å². The van der Waals surface area contributed by atoms with Crippen LogP contribution in [0.5, 0.6) is 5.75 Å². The van der Waals surface area contributed by atoms with Crippen molar-refractivity contribution in [3.8, 4) is 5.75 Å². The third-order valence-electron chi connectivity index (χ3n) is 3.05. The molecule has 132 valence electrons. The summed E-state index contributed by atoms with van der Waals surface area (Å²) in [6.45, 7) is 0. The summed E-state index contributed by atoms with van der Waals surface area (Å²) < 4.78 is 72.2. The van der Waals surface area contributed by atoms with Crippen LogP contribution in [0.25, 0.3) is 0 Å². The van der Waals surface area contributed by atoms with Gasteiger partial charge >= 0.3 is 5.69 Å². The molecule has 2 aromatic rings. The molecule has 0 heterocycles. The molecule has 0 saturated carbocycles. The second-order valence-electron chi connectivity index (χ2n) is 4.54. The number of nitro benzene ring substituents is 1. The van der Waals surface area contributed by atoms with E-state index in [4.69, 9.17) is 0 Å². The van der Waals surface area contributed by atoms with E-state index in [1.165, 1.54) is 0 Å². The highest BCUT2D eigenvalue weighted by Gasteiger charge is 2.30. The lowest BCUT2D eigenvalue weighted by Gasteiger charge is -2.11. The van der Waals surface area contributed by atoms with E-state index in [9.17, 15) is 36.9 Å². The van der Waals surface area contributed by atoms with Crippen molar-refractivity contribution in [2.24, 2.45) is 0 Å². The Labute approximate surface area is 136 Å². The van der Waals surface area contributed by atoms with Crippen molar-refractivity contribution >= 4 is 17.3 Å². The monoisotopic (exact) mass is 362 g/mol. The zero-order valence-corrected chi connectivity index (χ0v) is 12.2. The standard InChI is InChI=1S/C14H7F5N2O4/c1-25-13-11(18)9(16)8(10(17)12(13)19)14(22)20-5-2-3-6(15)7(4-5)21(23)24/h2-4H,1H3,(H,20,22). The van der Waals surface area contributed by atoms with Crippen molar-refractivity contribution < 1.29 is 36.4 Å². The highest BCUT2D eigenvalue weighted by molar-refractivity contribution is 6.05. The summed E-state index contributed by atoms with van der Waals surface area (Å²) in [6, 6.07) is 2.04. The van der Waals surface area contributed by atoms with Crippen molar-refractivity contribution in [1.29, 1.82) is 0 Å². The van der Waals surface area contributed by atoms with Crippen LogP contribution in [0.1, 0.15) is 10.4 Å². The number of nitrogens with zero attached hydrogens (tertiary/aromatic N) is 1. The number of benzene rings is 2. The van der Waals surface area contributed by atoms with E-state index in [0.29, 0.717) is 12.1 Å². The molecule has 0 atom stereocenters. The molecule has 0 aromatic heterocycles. The Morgan fingerprint density at radius 3 is 2.12 bits per heavy atom. The van der Waals surface area contributed by atoms with Crippen LogP contribution in [-0.2, 0) is 0 Å². The summed E-state index contributed by atoms with van der Waals surface area (Å²) in [5.41, 5.74) is -3.05. The van der Waals surface area contributed by atoms with Gasteiger partial charge in [-0.3, -0.25) is 14.9 Å². The van der Waals surface area contributed by atoms with Crippen LogP contribution < -0.4 is 10.1 Å². The molecular weight excluding hydrogens is 355 g/mol. The molecule has 0 aliphatic carbocycles. The quantitative estimate of drug-likeness (QED) is 0.390. The number of hydrogen-bond acceptors (Lipinski definition) is 4. The van der Waals surface area contributed by atoms with Crippen molar-refractivity contribution in [2.45, 2.75) is 0 Å². The molecule has 2 rings (SSSR count). The molecule has 0 fully saturated rings. The number of hydrogen-bond donors (Lipinski definition) is 1. The summed E-state index contributed by atoms with van der Waals surface area (Å²) in [5, 5.41) is 12.4. The fourth-order valence-electron chi connectivity index (χ4n) is 1.91. The fourth-order valence-corrected chi connectivity index (χ4v) is 1.91. The van der Waals surface area contributed by atoms with Gasteiger partial charge in [0.15, 0.2) is 17.4 Å². The topological polar surface area (TPSA) is 81.5 Å². The van der Waals surface area contributed by atoms with Crippen LogP contribution in [0.4, 0.5) is 33.3 Å². The van der Waals surface area contributed by atoms with Gasteiger partial charge in [-0.05, 0) is 12.1 Å². The number of methoxy groups -OCH3 is 1. The fraction of sp³-hybridized carbons (Fsp3) is 0.0714. The average molecular weight is 362 g/mol. The lowest BCUT2D eigenvalue weighted by atomic mass is 10.1. The summed E-state index contributed by atoms with van der Waals surface area (Å²) in [5.74, 6) is -12.1.